The standard InChI is InChI=1S/C8H14ClNO/c1-6(2)10-5-7(4-9)3-8(10)11/h6-7H,3-5H2,1-2H3. The molecule has 64 valence electrons. The molecular weight excluding hydrogens is 162 g/mol. The van der Waals surface area contributed by atoms with Crippen molar-refractivity contribution in [2.45, 2.75) is 26.3 Å². The number of amides is 1. The van der Waals surface area contributed by atoms with Gasteiger partial charge in [0, 0.05) is 24.9 Å². The van der Waals surface area contributed by atoms with Gasteiger partial charge in [-0.3, -0.25) is 4.79 Å². The maximum Gasteiger partial charge on any atom is 0.223 e. The average Bonchev–Trinajstić information content (AvgIpc) is 2.30. The van der Waals surface area contributed by atoms with Crippen molar-refractivity contribution in [2.24, 2.45) is 5.92 Å². The number of alkyl halides is 1. The summed E-state index contributed by atoms with van der Waals surface area (Å²) in [6, 6.07) is 0.329. The lowest BCUT2D eigenvalue weighted by Gasteiger charge is -2.20. The van der Waals surface area contributed by atoms with Crippen LogP contribution in [0.5, 0.6) is 0 Å². The zero-order chi connectivity index (χ0) is 8.43. The molecule has 1 rings (SSSR count). The summed E-state index contributed by atoms with van der Waals surface area (Å²) in [5.74, 6) is 1.24. The molecule has 1 saturated heterocycles. The molecule has 1 aliphatic rings. The fraction of sp³-hybridized carbons (Fsp3) is 0.875. The van der Waals surface area contributed by atoms with E-state index in [1.54, 1.807) is 0 Å². The van der Waals surface area contributed by atoms with Crippen LogP contribution < -0.4 is 0 Å². The fourth-order valence-electron chi connectivity index (χ4n) is 1.41. The van der Waals surface area contributed by atoms with E-state index in [2.05, 4.69) is 0 Å². The Balaban J connectivity index is 2.52. The molecule has 3 heteroatoms. The number of carbonyl (C=O) groups is 1. The maximum atomic E-state index is 11.3. The van der Waals surface area contributed by atoms with Crippen LogP contribution in [0.1, 0.15) is 20.3 Å². The molecule has 1 aliphatic heterocycles. The topological polar surface area (TPSA) is 20.3 Å². The zero-order valence-corrected chi connectivity index (χ0v) is 7.77. The number of nitrogens with zero attached hydrogens (tertiary/aromatic N) is 1. The molecule has 0 saturated carbocycles. The highest BCUT2D eigenvalue weighted by atomic mass is 35.5. The third kappa shape index (κ3) is 1.86. The smallest absolute Gasteiger partial charge is 0.223 e. The van der Waals surface area contributed by atoms with Gasteiger partial charge in [-0.25, -0.2) is 0 Å². The van der Waals surface area contributed by atoms with Gasteiger partial charge >= 0.3 is 0 Å². The van der Waals surface area contributed by atoms with Crippen molar-refractivity contribution < 1.29 is 4.79 Å². The molecule has 0 aromatic heterocycles. The van der Waals surface area contributed by atoms with Gasteiger partial charge in [0.2, 0.25) is 5.91 Å². The first-order valence-corrected chi connectivity index (χ1v) is 4.54. The minimum atomic E-state index is 0.255. The Labute approximate surface area is 72.5 Å². The van der Waals surface area contributed by atoms with E-state index in [1.807, 2.05) is 18.7 Å². The molecule has 0 aliphatic carbocycles. The molecule has 0 N–H and O–H groups in total. The summed E-state index contributed by atoms with van der Waals surface area (Å²) in [7, 11) is 0. The quantitative estimate of drug-likeness (QED) is 0.583. The van der Waals surface area contributed by atoms with Crippen LogP contribution in [-0.4, -0.2) is 29.3 Å². The van der Waals surface area contributed by atoms with Crippen molar-refractivity contribution in [3.8, 4) is 0 Å². The normalized spacial score (nSPS) is 25.3. The van der Waals surface area contributed by atoms with Crippen molar-refractivity contribution >= 4 is 17.5 Å². The van der Waals surface area contributed by atoms with Crippen LogP contribution in [0.2, 0.25) is 0 Å². The van der Waals surface area contributed by atoms with Crippen molar-refractivity contribution in [1.82, 2.24) is 4.90 Å². The maximum absolute atomic E-state index is 11.3. The molecule has 0 spiro atoms. The van der Waals surface area contributed by atoms with Gasteiger partial charge in [0.15, 0.2) is 0 Å². The van der Waals surface area contributed by atoms with Gasteiger partial charge in [0.1, 0.15) is 0 Å². The second-order valence-electron chi connectivity index (χ2n) is 3.36. The predicted molar refractivity (Wildman–Crippen MR) is 45.7 cm³/mol. The van der Waals surface area contributed by atoms with Crippen LogP contribution in [0.3, 0.4) is 0 Å². The SMILES string of the molecule is CC(C)N1CC(CCl)CC1=O. The van der Waals surface area contributed by atoms with Gasteiger partial charge in [-0.05, 0) is 19.8 Å². The van der Waals surface area contributed by atoms with Crippen molar-refractivity contribution in [1.29, 1.82) is 0 Å². The summed E-state index contributed by atoms with van der Waals surface area (Å²) in [5, 5.41) is 0. The van der Waals surface area contributed by atoms with Gasteiger partial charge < -0.3 is 4.90 Å². The van der Waals surface area contributed by atoms with E-state index in [1.165, 1.54) is 0 Å². The lowest BCUT2D eigenvalue weighted by Crippen LogP contribution is -2.32. The average molecular weight is 176 g/mol. The van der Waals surface area contributed by atoms with E-state index < -0.39 is 0 Å². The van der Waals surface area contributed by atoms with Crippen LogP contribution in [0, 0.1) is 5.92 Å². The van der Waals surface area contributed by atoms with E-state index in [-0.39, 0.29) is 5.91 Å². The summed E-state index contributed by atoms with van der Waals surface area (Å²) in [5.41, 5.74) is 0. The Kier molecular flexibility index (Phi) is 2.77. The molecule has 2 nitrogen and oxygen atoms in total. The number of hydrogen-bond donors (Lipinski definition) is 0. The predicted octanol–water partition coefficient (Wildman–Crippen LogP) is 1.48. The second-order valence-corrected chi connectivity index (χ2v) is 3.67. The summed E-state index contributed by atoms with van der Waals surface area (Å²) in [6.07, 6.45) is 0.641. The van der Waals surface area contributed by atoms with E-state index in [4.69, 9.17) is 11.6 Å². The molecule has 1 heterocycles. The summed E-state index contributed by atoms with van der Waals surface area (Å²) >= 11 is 5.66. The lowest BCUT2D eigenvalue weighted by molar-refractivity contribution is -0.129. The van der Waals surface area contributed by atoms with E-state index in [9.17, 15) is 4.79 Å². The van der Waals surface area contributed by atoms with Crippen LogP contribution >= 0.6 is 11.6 Å². The van der Waals surface area contributed by atoms with Crippen LogP contribution in [0.15, 0.2) is 0 Å². The van der Waals surface area contributed by atoms with Gasteiger partial charge in [0.25, 0.3) is 0 Å². The highest BCUT2D eigenvalue weighted by Crippen LogP contribution is 2.20. The third-order valence-electron chi connectivity index (χ3n) is 2.08. The van der Waals surface area contributed by atoms with Crippen LogP contribution in [0.4, 0.5) is 0 Å². The highest BCUT2D eigenvalue weighted by Gasteiger charge is 2.30. The first-order valence-electron chi connectivity index (χ1n) is 4.00. The molecular formula is C8H14ClNO. The number of hydrogen-bond acceptors (Lipinski definition) is 1. The molecule has 0 bridgehead atoms. The number of carbonyl (C=O) groups excluding carboxylic acids is 1. The zero-order valence-electron chi connectivity index (χ0n) is 7.01. The van der Waals surface area contributed by atoms with Gasteiger partial charge in [-0.1, -0.05) is 0 Å². The monoisotopic (exact) mass is 175 g/mol. The summed E-state index contributed by atoms with van der Waals surface area (Å²) in [6.45, 7) is 4.92. The number of rotatable bonds is 2. The number of likely N-dealkylation sites (tertiary alicyclic amines) is 1. The Morgan fingerprint density at radius 2 is 2.36 bits per heavy atom. The van der Waals surface area contributed by atoms with Gasteiger partial charge in [-0.15, -0.1) is 11.6 Å². The molecule has 11 heavy (non-hydrogen) atoms. The minimum Gasteiger partial charge on any atom is -0.340 e. The van der Waals surface area contributed by atoms with Crippen LogP contribution in [0.25, 0.3) is 0 Å². The summed E-state index contributed by atoms with van der Waals surface area (Å²) < 4.78 is 0. The van der Waals surface area contributed by atoms with Crippen LogP contribution in [-0.2, 0) is 4.79 Å². The molecule has 1 atom stereocenters. The van der Waals surface area contributed by atoms with E-state index in [0.717, 1.165) is 6.54 Å². The molecule has 1 fully saturated rings. The second kappa shape index (κ2) is 3.44. The molecule has 0 aromatic rings. The minimum absolute atomic E-state index is 0.255. The van der Waals surface area contributed by atoms with Crippen molar-refractivity contribution in [3.05, 3.63) is 0 Å². The molecule has 0 aromatic carbocycles. The number of halogens is 1. The fourth-order valence-corrected chi connectivity index (χ4v) is 1.62. The Bertz CT molecular complexity index is 158. The summed E-state index contributed by atoms with van der Waals surface area (Å²) in [4.78, 5) is 13.1. The van der Waals surface area contributed by atoms with Gasteiger partial charge in [-0.2, -0.15) is 0 Å². The first kappa shape index (κ1) is 8.85. The third-order valence-corrected chi connectivity index (χ3v) is 2.52. The highest BCUT2D eigenvalue weighted by molar-refractivity contribution is 6.18. The van der Waals surface area contributed by atoms with Gasteiger partial charge in [0.05, 0.1) is 0 Å². The largest absolute Gasteiger partial charge is 0.340 e. The Hall–Kier alpha value is -0.240. The molecule has 1 unspecified atom stereocenters. The van der Waals surface area contributed by atoms with E-state index in [0.29, 0.717) is 24.3 Å². The molecule has 1 amide bonds. The molecule has 0 radical (unpaired) electrons. The Morgan fingerprint density at radius 1 is 1.73 bits per heavy atom. The van der Waals surface area contributed by atoms with Crippen molar-refractivity contribution in [2.75, 3.05) is 12.4 Å². The van der Waals surface area contributed by atoms with Crippen molar-refractivity contribution in [3.63, 3.8) is 0 Å². The van der Waals surface area contributed by atoms with E-state index >= 15 is 0 Å². The Morgan fingerprint density at radius 3 is 2.64 bits per heavy atom. The lowest BCUT2D eigenvalue weighted by atomic mass is 10.1. The first-order chi connectivity index (χ1) is 5.15.